The molecule has 8 atom stereocenters. The van der Waals surface area contributed by atoms with E-state index < -0.39 is 28.5 Å². The van der Waals surface area contributed by atoms with Crippen LogP contribution in [0.15, 0.2) is 11.6 Å². The zero-order valence-electron chi connectivity index (χ0n) is 18.5. The third kappa shape index (κ3) is 2.50. The van der Waals surface area contributed by atoms with Crippen molar-refractivity contribution >= 4 is 17.7 Å². The number of esters is 1. The number of carboxylic acid groups (broad SMARTS) is 1. The molecule has 4 aliphatic carbocycles. The lowest BCUT2D eigenvalue weighted by molar-refractivity contribution is -0.163. The molecular formula is C24H32O7. The van der Waals surface area contributed by atoms with Crippen molar-refractivity contribution in [2.45, 2.75) is 82.5 Å². The fourth-order valence-electron chi connectivity index (χ4n) is 8.22. The lowest BCUT2D eigenvalue weighted by Gasteiger charge is -2.58. The van der Waals surface area contributed by atoms with Gasteiger partial charge in [-0.1, -0.05) is 19.4 Å². The van der Waals surface area contributed by atoms with Gasteiger partial charge < -0.3 is 19.7 Å². The predicted octanol–water partition coefficient (Wildman–Crippen LogP) is 2.64. The number of fused-ring (bicyclic) bond motifs is 3. The van der Waals surface area contributed by atoms with Crippen LogP contribution in [0.5, 0.6) is 0 Å². The molecule has 7 nitrogen and oxygen atoms in total. The zero-order chi connectivity index (χ0) is 22.4. The number of methoxy groups -OCH3 is 1. The largest absolute Gasteiger partial charge is 0.481 e. The van der Waals surface area contributed by atoms with Gasteiger partial charge in [0.25, 0.3) is 0 Å². The standard InChI is InChI=1S/C24H32O7/c1-21-7-4-14(25)10-13(21)11-15(20(28)30-3)19-16-5-8-23(29,9-6-18(26)27)22(16,2)12-17-24(19,21)31-17/h10,15-17,19,29H,4-9,11-12H2,1-3H3,(H,26,27)/t15-,16+,17-,19+,21+,22+,23-,24-/m1/s1. The summed E-state index contributed by atoms with van der Waals surface area (Å²) in [5, 5.41) is 20.9. The molecule has 0 aromatic heterocycles. The molecule has 0 amide bonds. The second-order valence-electron chi connectivity index (χ2n) is 10.9. The quantitative estimate of drug-likeness (QED) is 0.519. The molecule has 0 aromatic rings. The Labute approximate surface area is 182 Å². The highest BCUT2D eigenvalue weighted by Gasteiger charge is 2.82. The zero-order valence-corrected chi connectivity index (χ0v) is 18.5. The minimum absolute atomic E-state index is 0.0325. The van der Waals surface area contributed by atoms with Gasteiger partial charge in [0.05, 0.1) is 24.7 Å². The van der Waals surface area contributed by atoms with E-state index in [-0.39, 0.29) is 47.9 Å². The van der Waals surface area contributed by atoms with Crippen LogP contribution in [0.2, 0.25) is 0 Å². The molecule has 5 aliphatic rings. The number of ether oxygens (including phenoxy) is 2. The maximum Gasteiger partial charge on any atom is 0.309 e. The third-order valence-corrected chi connectivity index (χ3v) is 9.95. The van der Waals surface area contributed by atoms with Crippen LogP contribution in [0.3, 0.4) is 0 Å². The Morgan fingerprint density at radius 3 is 2.71 bits per heavy atom. The summed E-state index contributed by atoms with van der Waals surface area (Å²) in [5.41, 5.74) is -1.43. The summed E-state index contributed by atoms with van der Waals surface area (Å²) in [6.45, 7) is 4.24. The van der Waals surface area contributed by atoms with Gasteiger partial charge in [0.2, 0.25) is 0 Å². The van der Waals surface area contributed by atoms with Crippen molar-refractivity contribution in [3.8, 4) is 0 Å². The first-order valence-electron chi connectivity index (χ1n) is 11.5. The molecular weight excluding hydrogens is 400 g/mol. The average molecular weight is 433 g/mol. The van der Waals surface area contributed by atoms with Crippen LogP contribution < -0.4 is 0 Å². The van der Waals surface area contributed by atoms with Crippen LogP contribution in [-0.4, -0.2) is 52.4 Å². The Bertz CT molecular complexity index is 894. The van der Waals surface area contributed by atoms with Crippen LogP contribution in [0.4, 0.5) is 0 Å². The first kappa shape index (κ1) is 21.1. The molecule has 0 radical (unpaired) electrons. The molecule has 170 valence electrons. The smallest absolute Gasteiger partial charge is 0.309 e. The number of rotatable bonds is 4. The highest BCUT2D eigenvalue weighted by Crippen LogP contribution is 2.77. The summed E-state index contributed by atoms with van der Waals surface area (Å²) < 4.78 is 11.7. The molecule has 4 fully saturated rings. The first-order valence-corrected chi connectivity index (χ1v) is 11.5. The van der Waals surface area contributed by atoms with Crippen molar-refractivity contribution in [3.05, 3.63) is 11.6 Å². The SMILES string of the molecule is COC(=O)[C@@H]1CC2=CC(=O)CC[C@]2(C)[C@@]23O[C@@H]2C[C@@]2(C)[C@@H](CC[C@@]2(O)CCC(=O)O)[C@H]13. The Morgan fingerprint density at radius 2 is 2.03 bits per heavy atom. The van der Waals surface area contributed by atoms with Gasteiger partial charge in [-0.2, -0.15) is 0 Å². The molecule has 5 rings (SSSR count). The highest BCUT2D eigenvalue weighted by atomic mass is 16.6. The lowest BCUT2D eigenvalue weighted by Crippen LogP contribution is -2.63. The number of hydrogen-bond donors (Lipinski definition) is 2. The maximum atomic E-state index is 13.0. The molecule has 3 saturated carbocycles. The van der Waals surface area contributed by atoms with Crippen molar-refractivity contribution in [1.82, 2.24) is 0 Å². The summed E-state index contributed by atoms with van der Waals surface area (Å²) in [5.74, 6) is -1.60. The number of carbonyl (C=O) groups excluding carboxylic acids is 2. The summed E-state index contributed by atoms with van der Waals surface area (Å²) in [6, 6.07) is 0. The van der Waals surface area contributed by atoms with E-state index in [9.17, 15) is 24.6 Å². The Morgan fingerprint density at radius 1 is 1.29 bits per heavy atom. The minimum Gasteiger partial charge on any atom is -0.481 e. The third-order valence-electron chi connectivity index (χ3n) is 9.95. The number of carboxylic acids is 1. The molecule has 7 heteroatoms. The fourth-order valence-corrected chi connectivity index (χ4v) is 8.22. The fraction of sp³-hybridized carbons (Fsp3) is 0.792. The number of epoxide rings is 1. The van der Waals surface area contributed by atoms with Gasteiger partial charge in [0.1, 0.15) is 5.60 Å². The van der Waals surface area contributed by atoms with Gasteiger partial charge in [0.15, 0.2) is 5.78 Å². The van der Waals surface area contributed by atoms with Crippen LogP contribution in [0.25, 0.3) is 0 Å². The van der Waals surface area contributed by atoms with E-state index in [2.05, 4.69) is 13.8 Å². The van der Waals surface area contributed by atoms with Gasteiger partial charge in [-0.05, 0) is 50.5 Å². The average Bonchev–Trinajstić information content (AvgIpc) is 3.38. The predicted molar refractivity (Wildman–Crippen MR) is 109 cm³/mol. The van der Waals surface area contributed by atoms with Crippen LogP contribution in [-0.2, 0) is 23.9 Å². The molecule has 1 aliphatic heterocycles. The second-order valence-corrected chi connectivity index (χ2v) is 10.9. The number of ketones is 1. The monoisotopic (exact) mass is 432 g/mol. The summed E-state index contributed by atoms with van der Waals surface area (Å²) in [7, 11) is 1.40. The summed E-state index contributed by atoms with van der Waals surface area (Å²) in [6.07, 6.45) is 5.35. The highest BCUT2D eigenvalue weighted by molar-refractivity contribution is 5.92. The lowest BCUT2D eigenvalue weighted by atomic mass is 9.43. The van der Waals surface area contributed by atoms with Crippen molar-refractivity contribution in [1.29, 1.82) is 0 Å². The van der Waals surface area contributed by atoms with Crippen molar-refractivity contribution in [2.75, 3.05) is 7.11 Å². The van der Waals surface area contributed by atoms with Crippen LogP contribution in [0, 0.1) is 28.6 Å². The van der Waals surface area contributed by atoms with E-state index in [4.69, 9.17) is 9.47 Å². The molecule has 0 unspecified atom stereocenters. The minimum atomic E-state index is -1.09. The Kier molecular flexibility index (Phi) is 4.37. The van der Waals surface area contributed by atoms with Gasteiger partial charge in [-0.15, -0.1) is 0 Å². The Balaban J connectivity index is 1.59. The topological polar surface area (TPSA) is 113 Å². The van der Waals surface area contributed by atoms with E-state index in [0.717, 1.165) is 12.0 Å². The number of carbonyl (C=O) groups is 3. The van der Waals surface area contributed by atoms with E-state index in [1.54, 1.807) is 6.08 Å². The van der Waals surface area contributed by atoms with Crippen molar-refractivity contribution in [2.24, 2.45) is 28.6 Å². The second kappa shape index (κ2) is 6.41. The van der Waals surface area contributed by atoms with Gasteiger partial charge in [-0.25, -0.2) is 0 Å². The summed E-state index contributed by atoms with van der Waals surface area (Å²) >= 11 is 0. The maximum absolute atomic E-state index is 13.0. The van der Waals surface area contributed by atoms with E-state index in [0.29, 0.717) is 32.1 Å². The van der Waals surface area contributed by atoms with E-state index in [1.165, 1.54) is 7.11 Å². The van der Waals surface area contributed by atoms with E-state index >= 15 is 0 Å². The molecule has 31 heavy (non-hydrogen) atoms. The Hall–Kier alpha value is -1.73. The molecule has 1 spiro atoms. The molecule has 1 saturated heterocycles. The number of hydrogen-bond acceptors (Lipinski definition) is 6. The van der Waals surface area contributed by atoms with E-state index in [1.807, 2.05) is 0 Å². The summed E-state index contributed by atoms with van der Waals surface area (Å²) in [4.78, 5) is 36.4. The number of aliphatic carboxylic acids is 1. The molecule has 0 aromatic carbocycles. The molecule has 0 bridgehead atoms. The first-order chi connectivity index (χ1) is 14.5. The van der Waals surface area contributed by atoms with Gasteiger partial charge >= 0.3 is 11.9 Å². The van der Waals surface area contributed by atoms with Crippen LogP contribution >= 0.6 is 0 Å². The van der Waals surface area contributed by atoms with Gasteiger partial charge in [0, 0.05) is 29.6 Å². The molecule has 1 heterocycles. The van der Waals surface area contributed by atoms with Crippen molar-refractivity contribution in [3.63, 3.8) is 0 Å². The van der Waals surface area contributed by atoms with Crippen molar-refractivity contribution < 1.29 is 34.1 Å². The molecule has 2 N–H and O–H groups in total. The normalized spacial score (nSPS) is 49.8. The van der Waals surface area contributed by atoms with Gasteiger partial charge in [-0.3, -0.25) is 14.4 Å². The number of aliphatic hydroxyl groups is 1. The van der Waals surface area contributed by atoms with Crippen LogP contribution in [0.1, 0.15) is 65.2 Å².